The molecule has 1 aromatic carbocycles. The summed E-state index contributed by atoms with van der Waals surface area (Å²) in [6.07, 6.45) is 1.56. The van der Waals surface area contributed by atoms with Gasteiger partial charge in [0, 0.05) is 33.2 Å². The Hall–Kier alpha value is -3.09. The minimum atomic E-state index is -0.370. The molecule has 0 spiro atoms. The topological polar surface area (TPSA) is 65.1 Å². The molecule has 0 bridgehead atoms. The van der Waals surface area contributed by atoms with Gasteiger partial charge in [-0.2, -0.15) is 4.98 Å². The van der Waals surface area contributed by atoms with Crippen molar-refractivity contribution in [2.24, 2.45) is 13.0 Å². The Morgan fingerprint density at radius 1 is 1.22 bits per heavy atom. The predicted molar refractivity (Wildman–Crippen MR) is 106 cm³/mol. The second kappa shape index (κ2) is 6.57. The van der Waals surface area contributed by atoms with Crippen LogP contribution in [0.3, 0.4) is 0 Å². The molecule has 27 heavy (non-hydrogen) atoms. The van der Waals surface area contributed by atoms with Crippen LogP contribution in [-0.4, -0.2) is 25.2 Å². The quantitative estimate of drug-likeness (QED) is 0.661. The van der Waals surface area contributed by atoms with Crippen LogP contribution in [0, 0.1) is 5.92 Å². The summed E-state index contributed by atoms with van der Waals surface area (Å²) >= 11 is 0. The molecule has 1 atom stereocenters. The van der Waals surface area contributed by atoms with Gasteiger partial charge in [-0.1, -0.05) is 43.3 Å². The highest BCUT2D eigenvalue weighted by Gasteiger charge is 2.28. The Morgan fingerprint density at radius 3 is 2.67 bits per heavy atom. The Balaban J connectivity index is 1.92. The number of hydrogen-bond donors (Lipinski definition) is 0. The van der Waals surface area contributed by atoms with Gasteiger partial charge in [0.05, 0.1) is 0 Å². The van der Waals surface area contributed by atoms with Crippen LogP contribution in [0.2, 0.25) is 0 Å². The van der Waals surface area contributed by atoms with Crippen LogP contribution in [-0.2, 0) is 26.7 Å². The van der Waals surface area contributed by atoms with E-state index in [1.54, 1.807) is 13.1 Å². The van der Waals surface area contributed by atoms with Gasteiger partial charge in [0.25, 0.3) is 5.56 Å². The van der Waals surface area contributed by atoms with Gasteiger partial charge >= 0.3 is 5.69 Å². The summed E-state index contributed by atoms with van der Waals surface area (Å²) in [7, 11) is 1.66. The summed E-state index contributed by atoms with van der Waals surface area (Å²) in [6.45, 7) is 8.28. The summed E-state index contributed by atoms with van der Waals surface area (Å²) in [5.74, 6) is 1.11. The summed E-state index contributed by atoms with van der Waals surface area (Å²) in [6, 6.07) is 10.2. The third-order valence-electron chi connectivity index (χ3n) is 5.05. The summed E-state index contributed by atoms with van der Waals surface area (Å²) in [5.41, 5.74) is 1.43. The van der Waals surface area contributed by atoms with Crippen molar-refractivity contribution in [1.82, 2.24) is 18.7 Å². The van der Waals surface area contributed by atoms with Crippen LogP contribution in [0.5, 0.6) is 0 Å². The van der Waals surface area contributed by atoms with E-state index in [1.165, 1.54) is 14.7 Å². The van der Waals surface area contributed by atoms with Crippen molar-refractivity contribution in [2.75, 3.05) is 11.4 Å². The molecular weight excluding hydrogens is 342 g/mol. The second-order valence-corrected chi connectivity index (χ2v) is 7.21. The second-order valence-electron chi connectivity index (χ2n) is 7.21. The Bertz CT molecular complexity index is 1120. The Labute approximate surface area is 156 Å². The number of aryl methyl sites for hydroxylation is 1. The monoisotopic (exact) mass is 365 g/mol. The number of benzene rings is 1. The number of fused-ring (bicyclic) bond motifs is 3. The predicted octanol–water partition coefficient (Wildman–Crippen LogP) is 1.74. The van der Waals surface area contributed by atoms with Gasteiger partial charge in [-0.3, -0.25) is 13.9 Å². The minimum Gasteiger partial charge on any atom is -0.338 e. The fourth-order valence-electron chi connectivity index (χ4n) is 3.83. The maximum atomic E-state index is 13.0. The lowest BCUT2D eigenvalue weighted by Crippen LogP contribution is -2.40. The first-order valence-electron chi connectivity index (χ1n) is 9.11. The van der Waals surface area contributed by atoms with Crippen LogP contribution >= 0.6 is 0 Å². The Morgan fingerprint density at radius 2 is 1.96 bits per heavy atom. The van der Waals surface area contributed by atoms with E-state index >= 15 is 0 Å². The highest BCUT2D eigenvalue weighted by atomic mass is 16.2. The van der Waals surface area contributed by atoms with Gasteiger partial charge in [0.1, 0.15) is 0 Å². The van der Waals surface area contributed by atoms with Crippen molar-refractivity contribution in [1.29, 1.82) is 0 Å². The van der Waals surface area contributed by atoms with E-state index in [0.717, 1.165) is 12.5 Å². The summed E-state index contributed by atoms with van der Waals surface area (Å²) < 4.78 is 4.63. The van der Waals surface area contributed by atoms with E-state index in [2.05, 4.69) is 30.5 Å². The summed E-state index contributed by atoms with van der Waals surface area (Å²) in [4.78, 5) is 32.5. The van der Waals surface area contributed by atoms with E-state index in [9.17, 15) is 9.59 Å². The van der Waals surface area contributed by atoms with E-state index in [1.807, 2.05) is 22.8 Å². The molecule has 4 rings (SSSR count). The van der Waals surface area contributed by atoms with Crippen LogP contribution in [0.1, 0.15) is 12.5 Å². The molecule has 3 heterocycles. The molecule has 7 heteroatoms. The third-order valence-corrected chi connectivity index (χ3v) is 5.05. The van der Waals surface area contributed by atoms with Crippen LogP contribution in [0.25, 0.3) is 11.2 Å². The number of rotatable bonds is 4. The number of aromatic nitrogens is 4. The van der Waals surface area contributed by atoms with Gasteiger partial charge in [0.15, 0.2) is 11.2 Å². The molecule has 0 amide bonds. The van der Waals surface area contributed by atoms with Crippen molar-refractivity contribution in [3.63, 3.8) is 0 Å². The van der Waals surface area contributed by atoms with Gasteiger partial charge in [-0.25, -0.2) is 4.79 Å². The van der Waals surface area contributed by atoms with Gasteiger partial charge < -0.3 is 9.47 Å². The number of imidazole rings is 1. The lowest BCUT2D eigenvalue weighted by Gasteiger charge is -2.33. The highest BCUT2D eigenvalue weighted by Crippen LogP contribution is 2.28. The molecule has 7 nitrogen and oxygen atoms in total. The number of hydrogen-bond acceptors (Lipinski definition) is 4. The molecule has 1 aliphatic heterocycles. The zero-order valence-electron chi connectivity index (χ0n) is 15.6. The molecule has 0 saturated carbocycles. The number of nitrogens with zero attached hydrogens (tertiary/aromatic N) is 5. The fraction of sp³-hybridized carbons (Fsp3) is 0.350. The van der Waals surface area contributed by atoms with E-state index < -0.39 is 0 Å². The fourth-order valence-corrected chi connectivity index (χ4v) is 3.83. The van der Waals surface area contributed by atoms with Crippen LogP contribution in [0.4, 0.5) is 5.95 Å². The molecule has 3 aromatic rings. The van der Waals surface area contributed by atoms with Crippen molar-refractivity contribution in [3.05, 3.63) is 69.4 Å². The first-order chi connectivity index (χ1) is 13.0. The molecule has 0 aliphatic carbocycles. The van der Waals surface area contributed by atoms with Crippen molar-refractivity contribution >= 4 is 17.1 Å². The maximum Gasteiger partial charge on any atom is 0.332 e. The van der Waals surface area contributed by atoms with Gasteiger partial charge in [-0.15, -0.1) is 6.58 Å². The van der Waals surface area contributed by atoms with E-state index in [4.69, 9.17) is 4.98 Å². The van der Waals surface area contributed by atoms with Crippen molar-refractivity contribution < 1.29 is 0 Å². The molecular formula is C20H23N5O2. The molecule has 1 aliphatic rings. The minimum absolute atomic E-state index is 0.186. The number of allylic oxidation sites excluding steroid dienone is 1. The molecule has 0 saturated heterocycles. The molecule has 0 radical (unpaired) electrons. The average molecular weight is 365 g/mol. The largest absolute Gasteiger partial charge is 0.338 e. The first-order valence-corrected chi connectivity index (χ1v) is 9.11. The molecule has 2 aromatic heterocycles. The van der Waals surface area contributed by atoms with Gasteiger partial charge in [0.2, 0.25) is 5.95 Å². The smallest absolute Gasteiger partial charge is 0.332 e. The highest BCUT2D eigenvalue weighted by molar-refractivity contribution is 5.75. The standard InChI is InChI=1S/C20H23N5O2/c1-4-10-24-18(26)16-17(22(3)20(24)27)21-19-23(11-14(2)12-25(16)19)13-15-8-6-5-7-9-15/h4-9,14H,1,10-13H2,2-3H3/t14-/m1/s1. The molecule has 140 valence electrons. The van der Waals surface area contributed by atoms with E-state index in [-0.39, 0.29) is 17.8 Å². The molecule has 0 N–H and O–H groups in total. The SMILES string of the molecule is C=CCn1c(=O)c2c(nc3n2C[C@H](C)CN3Cc2ccccc2)n(C)c1=O. The third kappa shape index (κ3) is 2.79. The lowest BCUT2D eigenvalue weighted by molar-refractivity contribution is 0.435. The lowest BCUT2D eigenvalue weighted by atomic mass is 10.1. The Kier molecular flexibility index (Phi) is 4.22. The molecule has 0 unspecified atom stereocenters. The average Bonchev–Trinajstić information content (AvgIpc) is 3.04. The van der Waals surface area contributed by atoms with Crippen LogP contribution in [0.15, 0.2) is 52.6 Å². The summed E-state index contributed by atoms with van der Waals surface area (Å²) in [5, 5.41) is 0. The van der Waals surface area contributed by atoms with Crippen molar-refractivity contribution in [3.8, 4) is 0 Å². The first kappa shape index (κ1) is 17.3. The van der Waals surface area contributed by atoms with Crippen molar-refractivity contribution in [2.45, 2.75) is 26.6 Å². The van der Waals surface area contributed by atoms with Crippen LogP contribution < -0.4 is 16.1 Å². The normalized spacial score (nSPS) is 16.5. The van der Waals surface area contributed by atoms with E-state index in [0.29, 0.717) is 30.2 Å². The number of anilines is 1. The maximum absolute atomic E-state index is 13.0. The zero-order chi connectivity index (χ0) is 19.1. The molecule has 0 fully saturated rings. The zero-order valence-corrected chi connectivity index (χ0v) is 15.6. The van der Waals surface area contributed by atoms with Gasteiger partial charge in [-0.05, 0) is 11.5 Å².